The highest BCUT2D eigenvalue weighted by Gasteiger charge is 2.34. The molecule has 5 rings (SSSR count). The van der Waals surface area contributed by atoms with Gasteiger partial charge in [-0.3, -0.25) is 4.79 Å². The lowest BCUT2D eigenvalue weighted by Crippen LogP contribution is -2.41. The maximum absolute atomic E-state index is 13.6. The Morgan fingerprint density at radius 1 is 1.17 bits per heavy atom. The third-order valence-corrected chi connectivity index (χ3v) is 6.79. The predicted octanol–water partition coefficient (Wildman–Crippen LogP) is 5.35. The number of nitrogens with one attached hydrogen (secondary N) is 3. The van der Waals surface area contributed by atoms with Crippen molar-refractivity contribution in [2.24, 2.45) is 0 Å². The monoisotopic (exact) mass is 487 g/mol. The molecule has 0 saturated carbocycles. The van der Waals surface area contributed by atoms with Gasteiger partial charge < -0.3 is 24.9 Å². The second-order valence-corrected chi connectivity index (χ2v) is 9.12. The Bertz CT molecular complexity index is 1300. The maximum atomic E-state index is 13.6. The zero-order chi connectivity index (χ0) is 24.2. The smallest absolute Gasteiger partial charge is 0.323 e. The third kappa shape index (κ3) is 5.09. The number of anilines is 2. The summed E-state index contributed by atoms with van der Waals surface area (Å²) in [5.74, 6) is 0.659. The number of aromatic amines is 1. The molecule has 0 aliphatic carbocycles. The molecule has 2 aromatic heterocycles. The van der Waals surface area contributed by atoms with E-state index in [0.29, 0.717) is 36.3 Å². The number of nitrogens with zero attached hydrogens (tertiary/aromatic N) is 2. The van der Waals surface area contributed by atoms with Gasteiger partial charge in [0.2, 0.25) is 0 Å². The topological polar surface area (TPSA) is 103 Å². The van der Waals surface area contributed by atoms with Gasteiger partial charge >= 0.3 is 6.03 Å². The second-order valence-electron chi connectivity index (χ2n) is 8.24. The summed E-state index contributed by atoms with van der Waals surface area (Å²) < 4.78 is 5.67. The van der Waals surface area contributed by atoms with Crippen LogP contribution in [0.5, 0.6) is 0 Å². The molecule has 3 amide bonds. The summed E-state index contributed by atoms with van der Waals surface area (Å²) in [7, 11) is 0. The van der Waals surface area contributed by atoms with Gasteiger partial charge in [0.15, 0.2) is 0 Å². The molecular weight excluding hydrogens is 462 g/mol. The average Bonchev–Trinajstić information content (AvgIpc) is 3.59. The van der Waals surface area contributed by atoms with E-state index in [-0.39, 0.29) is 18.0 Å². The number of H-pyrrole nitrogens is 1. The van der Waals surface area contributed by atoms with Crippen molar-refractivity contribution in [1.29, 1.82) is 0 Å². The van der Waals surface area contributed by atoms with E-state index in [1.807, 2.05) is 59.7 Å². The SMILES string of the molecule is CSc1ccc(NC(=O)Nc2ccc3c(c2)C(=O)N(CCc2cnc[nH]2)C(c2ccco2)C3)cc1. The average molecular weight is 488 g/mol. The molecule has 178 valence electrons. The van der Waals surface area contributed by atoms with Crippen LogP contribution in [-0.4, -0.2) is 39.6 Å². The van der Waals surface area contributed by atoms with Gasteiger partial charge in [-0.15, -0.1) is 11.8 Å². The third-order valence-electron chi connectivity index (χ3n) is 6.04. The van der Waals surface area contributed by atoms with E-state index in [0.717, 1.165) is 21.9 Å². The highest BCUT2D eigenvalue weighted by molar-refractivity contribution is 7.98. The van der Waals surface area contributed by atoms with Crippen LogP contribution in [0.3, 0.4) is 0 Å². The molecule has 0 fully saturated rings. The molecular formula is C26H25N5O3S. The van der Waals surface area contributed by atoms with Crippen LogP contribution in [0.15, 0.2) is 82.7 Å². The molecule has 1 aliphatic rings. The standard InChI is InChI=1S/C26H25N5O3S/c1-35-21-8-6-18(7-9-21)29-26(33)30-19-5-4-17-13-23(24-3-2-12-34-24)31(25(32)22(17)14-19)11-10-20-15-27-16-28-20/h2-9,12,14-16,23H,10-11,13H2,1H3,(H,27,28)(H2,29,30,33). The lowest BCUT2D eigenvalue weighted by atomic mass is 9.91. The lowest BCUT2D eigenvalue weighted by molar-refractivity contribution is 0.0625. The predicted molar refractivity (Wildman–Crippen MR) is 136 cm³/mol. The zero-order valence-corrected chi connectivity index (χ0v) is 20.0. The van der Waals surface area contributed by atoms with Gasteiger partial charge in [0.05, 0.1) is 18.6 Å². The number of urea groups is 1. The van der Waals surface area contributed by atoms with Gasteiger partial charge in [0, 0.05) is 53.1 Å². The molecule has 1 aliphatic heterocycles. The van der Waals surface area contributed by atoms with E-state index >= 15 is 0 Å². The fourth-order valence-corrected chi connectivity index (χ4v) is 4.68. The first-order chi connectivity index (χ1) is 17.1. The molecule has 35 heavy (non-hydrogen) atoms. The van der Waals surface area contributed by atoms with Crippen LogP contribution in [0.2, 0.25) is 0 Å². The van der Waals surface area contributed by atoms with Gasteiger partial charge in [-0.05, 0) is 60.4 Å². The number of hydrogen-bond donors (Lipinski definition) is 3. The summed E-state index contributed by atoms with van der Waals surface area (Å²) in [6.07, 6.45) is 8.30. The molecule has 0 saturated heterocycles. The molecule has 9 heteroatoms. The van der Waals surface area contributed by atoms with E-state index in [1.165, 1.54) is 0 Å². The molecule has 2 aromatic carbocycles. The van der Waals surface area contributed by atoms with Crippen molar-refractivity contribution in [3.63, 3.8) is 0 Å². The van der Waals surface area contributed by atoms with E-state index in [1.54, 1.807) is 36.6 Å². The molecule has 0 radical (unpaired) electrons. The number of rotatable bonds is 7. The number of fused-ring (bicyclic) bond motifs is 1. The Kier molecular flexibility index (Phi) is 6.58. The Hall–Kier alpha value is -3.98. The normalized spacial score (nSPS) is 15.1. The van der Waals surface area contributed by atoms with Crippen LogP contribution in [0.25, 0.3) is 0 Å². The summed E-state index contributed by atoms with van der Waals surface area (Å²) in [5, 5.41) is 5.67. The van der Waals surface area contributed by atoms with E-state index in [9.17, 15) is 9.59 Å². The zero-order valence-electron chi connectivity index (χ0n) is 19.2. The number of amides is 3. The quantitative estimate of drug-likeness (QED) is 0.305. The largest absolute Gasteiger partial charge is 0.467 e. The van der Waals surface area contributed by atoms with Crippen molar-refractivity contribution in [2.75, 3.05) is 23.4 Å². The van der Waals surface area contributed by atoms with Crippen LogP contribution in [0.4, 0.5) is 16.2 Å². The van der Waals surface area contributed by atoms with E-state index in [2.05, 4.69) is 20.6 Å². The lowest BCUT2D eigenvalue weighted by Gasteiger charge is -2.35. The highest BCUT2D eigenvalue weighted by Crippen LogP contribution is 2.34. The van der Waals surface area contributed by atoms with Gasteiger partial charge in [0.25, 0.3) is 5.91 Å². The van der Waals surface area contributed by atoms with E-state index in [4.69, 9.17) is 4.42 Å². The number of carbonyl (C=O) groups is 2. The Balaban J connectivity index is 1.34. The summed E-state index contributed by atoms with van der Waals surface area (Å²) in [6.45, 7) is 0.510. The molecule has 3 heterocycles. The Labute approximate surface area is 207 Å². The molecule has 1 atom stereocenters. The first-order valence-corrected chi connectivity index (χ1v) is 12.5. The number of hydrogen-bond acceptors (Lipinski definition) is 5. The minimum absolute atomic E-state index is 0.0936. The molecule has 3 N–H and O–H groups in total. The van der Waals surface area contributed by atoms with Crippen molar-refractivity contribution < 1.29 is 14.0 Å². The van der Waals surface area contributed by atoms with Crippen molar-refractivity contribution >= 4 is 35.1 Å². The number of carbonyl (C=O) groups excluding carboxylic acids is 2. The van der Waals surface area contributed by atoms with Crippen LogP contribution in [0, 0.1) is 0 Å². The Morgan fingerprint density at radius 2 is 1.97 bits per heavy atom. The fraction of sp³-hybridized carbons (Fsp3) is 0.192. The number of imidazole rings is 1. The van der Waals surface area contributed by atoms with Crippen LogP contribution >= 0.6 is 11.8 Å². The first kappa shape index (κ1) is 22.8. The van der Waals surface area contributed by atoms with Crippen molar-refractivity contribution in [3.05, 3.63) is 96.0 Å². The molecule has 0 bridgehead atoms. The number of furan rings is 1. The summed E-state index contributed by atoms with van der Waals surface area (Å²) in [6, 6.07) is 16.3. The van der Waals surface area contributed by atoms with Gasteiger partial charge in [0.1, 0.15) is 5.76 Å². The molecule has 4 aromatic rings. The minimum Gasteiger partial charge on any atom is -0.467 e. The van der Waals surface area contributed by atoms with Crippen molar-refractivity contribution in [3.8, 4) is 0 Å². The van der Waals surface area contributed by atoms with Gasteiger partial charge in [-0.1, -0.05) is 6.07 Å². The van der Waals surface area contributed by atoms with Crippen molar-refractivity contribution in [1.82, 2.24) is 14.9 Å². The number of aromatic nitrogens is 2. The first-order valence-electron chi connectivity index (χ1n) is 11.3. The molecule has 0 spiro atoms. The van der Waals surface area contributed by atoms with Crippen LogP contribution in [-0.2, 0) is 12.8 Å². The van der Waals surface area contributed by atoms with Gasteiger partial charge in [-0.2, -0.15) is 0 Å². The summed E-state index contributed by atoms with van der Waals surface area (Å²) in [4.78, 5) is 36.3. The number of benzene rings is 2. The van der Waals surface area contributed by atoms with Crippen LogP contribution < -0.4 is 10.6 Å². The number of thioether (sulfide) groups is 1. The minimum atomic E-state index is -0.366. The highest BCUT2D eigenvalue weighted by atomic mass is 32.2. The summed E-state index contributed by atoms with van der Waals surface area (Å²) in [5.41, 5.74) is 3.72. The maximum Gasteiger partial charge on any atom is 0.323 e. The molecule has 1 unspecified atom stereocenters. The van der Waals surface area contributed by atoms with E-state index < -0.39 is 0 Å². The fourth-order valence-electron chi connectivity index (χ4n) is 4.27. The second kappa shape index (κ2) is 10.1. The van der Waals surface area contributed by atoms with Crippen LogP contribution in [0.1, 0.15) is 33.4 Å². The summed E-state index contributed by atoms with van der Waals surface area (Å²) >= 11 is 1.64. The van der Waals surface area contributed by atoms with Crippen molar-refractivity contribution in [2.45, 2.75) is 23.8 Å². The Morgan fingerprint density at radius 3 is 2.69 bits per heavy atom. The van der Waals surface area contributed by atoms with Gasteiger partial charge in [-0.25, -0.2) is 9.78 Å². The molecule has 8 nitrogen and oxygen atoms in total.